The van der Waals surface area contributed by atoms with E-state index in [-0.39, 0.29) is 5.91 Å². The third kappa shape index (κ3) is 8.17. The average molecular weight is 479 g/mol. The number of sulfonamides is 1. The number of amides is 1. The van der Waals surface area contributed by atoms with Crippen LogP contribution in [0.5, 0.6) is 0 Å². The summed E-state index contributed by atoms with van der Waals surface area (Å²) in [5.74, 6) is -0.108. The minimum absolute atomic E-state index is 0.108. The summed E-state index contributed by atoms with van der Waals surface area (Å²) in [7, 11) is -2.06. The maximum atomic E-state index is 13.1. The molecule has 0 aliphatic carbocycles. The molecule has 0 bridgehead atoms. The lowest BCUT2D eigenvalue weighted by atomic mass is 10.1. The summed E-state index contributed by atoms with van der Waals surface area (Å²) in [4.78, 5) is 14.8. The maximum Gasteiger partial charge on any atom is 0.255 e. The van der Waals surface area contributed by atoms with Crippen LogP contribution in [-0.4, -0.2) is 46.0 Å². The molecular formula is C27H30N2O4S. The summed E-state index contributed by atoms with van der Waals surface area (Å²) in [6.45, 7) is 1.54. The molecule has 1 N–H and O–H groups in total. The van der Waals surface area contributed by atoms with Crippen molar-refractivity contribution in [2.24, 2.45) is 0 Å². The molecule has 3 rings (SSSR count). The van der Waals surface area contributed by atoms with Crippen molar-refractivity contribution in [3.05, 3.63) is 107 Å². The zero-order valence-electron chi connectivity index (χ0n) is 19.3. The fraction of sp³-hybridized carbons (Fsp3) is 0.222. The van der Waals surface area contributed by atoms with Crippen LogP contribution in [0.15, 0.2) is 90.3 Å². The van der Waals surface area contributed by atoms with Gasteiger partial charge in [-0.2, -0.15) is 0 Å². The quantitative estimate of drug-likeness (QED) is 0.405. The first kappa shape index (κ1) is 25.2. The highest BCUT2D eigenvalue weighted by atomic mass is 32.2. The average Bonchev–Trinajstić information content (AvgIpc) is 2.86. The van der Waals surface area contributed by atoms with Crippen LogP contribution in [0.4, 0.5) is 5.69 Å². The van der Waals surface area contributed by atoms with Gasteiger partial charge in [0.25, 0.3) is 15.9 Å². The number of aryl methyl sites for hydroxylation is 1. The highest BCUT2D eigenvalue weighted by Crippen LogP contribution is 2.15. The summed E-state index contributed by atoms with van der Waals surface area (Å²) in [6.07, 6.45) is 3.25. The molecule has 0 saturated carbocycles. The van der Waals surface area contributed by atoms with Gasteiger partial charge in [-0.1, -0.05) is 60.7 Å². The molecule has 178 valence electrons. The first-order valence-electron chi connectivity index (χ1n) is 11.1. The Morgan fingerprint density at radius 1 is 0.912 bits per heavy atom. The van der Waals surface area contributed by atoms with Crippen molar-refractivity contribution in [1.29, 1.82) is 0 Å². The summed E-state index contributed by atoms with van der Waals surface area (Å²) < 4.78 is 32.4. The van der Waals surface area contributed by atoms with E-state index in [0.29, 0.717) is 30.9 Å². The molecule has 6 nitrogen and oxygen atoms in total. The highest BCUT2D eigenvalue weighted by Gasteiger charge is 2.16. The van der Waals surface area contributed by atoms with E-state index in [1.54, 1.807) is 36.3 Å². The van der Waals surface area contributed by atoms with Gasteiger partial charge in [0.1, 0.15) is 0 Å². The first-order chi connectivity index (χ1) is 16.5. The van der Waals surface area contributed by atoms with Gasteiger partial charge in [0.15, 0.2) is 0 Å². The van der Waals surface area contributed by atoms with E-state index in [9.17, 15) is 13.2 Å². The van der Waals surface area contributed by atoms with Crippen LogP contribution in [0.25, 0.3) is 6.08 Å². The van der Waals surface area contributed by atoms with Crippen molar-refractivity contribution in [2.45, 2.75) is 12.8 Å². The van der Waals surface area contributed by atoms with Crippen LogP contribution in [0, 0.1) is 0 Å². The number of anilines is 1. The van der Waals surface area contributed by atoms with Gasteiger partial charge in [-0.3, -0.25) is 9.52 Å². The summed E-state index contributed by atoms with van der Waals surface area (Å²) >= 11 is 0. The van der Waals surface area contributed by atoms with Gasteiger partial charge in [-0.05, 0) is 54.3 Å². The largest absolute Gasteiger partial charge is 0.383 e. The molecule has 0 unspecified atom stereocenters. The van der Waals surface area contributed by atoms with Gasteiger partial charge in [0, 0.05) is 31.5 Å². The molecule has 3 aromatic rings. The van der Waals surface area contributed by atoms with Gasteiger partial charge in [0.05, 0.1) is 12.0 Å². The number of methoxy groups -OCH3 is 1. The lowest BCUT2D eigenvalue weighted by Gasteiger charge is -2.22. The normalized spacial score (nSPS) is 11.4. The van der Waals surface area contributed by atoms with E-state index >= 15 is 0 Å². The van der Waals surface area contributed by atoms with Crippen LogP contribution >= 0.6 is 0 Å². The van der Waals surface area contributed by atoms with E-state index in [1.807, 2.05) is 48.5 Å². The Balaban J connectivity index is 1.61. The SMILES string of the molecule is COCCN(CCCc1ccccc1)C(=O)c1ccc(NS(=O)(=O)/C=C/c2ccccc2)cc1. The van der Waals surface area contributed by atoms with E-state index in [1.165, 1.54) is 11.6 Å². The van der Waals surface area contributed by atoms with Gasteiger partial charge < -0.3 is 9.64 Å². The lowest BCUT2D eigenvalue weighted by Crippen LogP contribution is -2.35. The minimum atomic E-state index is -3.68. The molecule has 1 amide bonds. The van der Waals surface area contributed by atoms with Crippen LogP contribution in [0.3, 0.4) is 0 Å². The third-order valence-corrected chi connectivity index (χ3v) is 6.23. The van der Waals surface area contributed by atoms with Crippen molar-refractivity contribution in [1.82, 2.24) is 4.90 Å². The molecule has 0 fully saturated rings. The smallest absolute Gasteiger partial charge is 0.255 e. The monoisotopic (exact) mass is 478 g/mol. The van der Waals surface area contributed by atoms with E-state index in [0.717, 1.165) is 23.8 Å². The topological polar surface area (TPSA) is 75.7 Å². The Morgan fingerprint density at radius 3 is 2.21 bits per heavy atom. The molecule has 0 radical (unpaired) electrons. The molecule has 0 aromatic heterocycles. The van der Waals surface area contributed by atoms with E-state index in [4.69, 9.17) is 4.74 Å². The second kappa shape index (κ2) is 12.7. The van der Waals surface area contributed by atoms with Crippen molar-refractivity contribution in [3.8, 4) is 0 Å². The maximum absolute atomic E-state index is 13.1. The zero-order chi connectivity index (χ0) is 24.2. The third-order valence-electron chi connectivity index (χ3n) is 5.22. The minimum Gasteiger partial charge on any atom is -0.383 e. The Kier molecular flexibility index (Phi) is 9.43. The number of ether oxygens (including phenoxy) is 1. The van der Waals surface area contributed by atoms with Gasteiger partial charge in [-0.15, -0.1) is 0 Å². The first-order valence-corrected chi connectivity index (χ1v) is 12.7. The number of benzene rings is 3. The summed E-state index contributed by atoms with van der Waals surface area (Å²) in [5.41, 5.74) is 2.91. The van der Waals surface area contributed by atoms with Gasteiger partial charge in [0.2, 0.25) is 0 Å². The Labute approximate surface area is 201 Å². The fourth-order valence-corrected chi connectivity index (χ4v) is 4.30. The highest BCUT2D eigenvalue weighted by molar-refractivity contribution is 7.95. The summed E-state index contributed by atoms with van der Waals surface area (Å²) in [5, 5.41) is 1.13. The fourth-order valence-electron chi connectivity index (χ4n) is 3.43. The number of hydrogen-bond donors (Lipinski definition) is 1. The Morgan fingerprint density at radius 2 is 1.56 bits per heavy atom. The molecule has 0 aliphatic rings. The van der Waals surface area contributed by atoms with Crippen molar-refractivity contribution in [3.63, 3.8) is 0 Å². The predicted octanol–water partition coefficient (Wildman–Crippen LogP) is 4.82. The second-order valence-corrected chi connectivity index (χ2v) is 9.38. The number of nitrogens with zero attached hydrogens (tertiary/aromatic N) is 1. The Bertz CT molecular complexity index is 1160. The number of nitrogens with one attached hydrogen (secondary N) is 1. The molecule has 0 aliphatic heterocycles. The van der Waals surface area contributed by atoms with Crippen LogP contribution < -0.4 is 4.72 Å². The predicted molar refractivity (Wildman–Crippen MR) is 137 cm³/mol. The molecule has 0 heterocycles. The summed E-state index contributed by atoms with van der Waals surface area (Å²) in [6, 6.07) is 25.8. The van der Waals surface area contributed by atoms with Crippen LogP contribution in [0.2, 0.25) is 0 Å². The molecular weight excluding hydrogens is 448 g/mol. The molecule has 0 spiro atoms. The van der Waals surface area contributed by atoms with Crippen LogP contribution in [-0.2, 0) is 21.2 Å². The molecule has 3 aromatic carbocycles. The zero-order valence-corrected chi connectivity index (χ0v) is 20.1. The molecule has 0 atom stereocenters. The molecule has 34 heavy (non-hydrogen) atoms. The van der Waals surface area contributed by atoms with Gasteiger partial charge >= 0.3 is 0 Å². The second-order valence-electron chi connectivity index (χ2n) is 7.81. The van der Waals surface area contributed by atoms with E-state index < -0.39 is 10.0 Å². The van der Waals surface area contributed by atoms with Crippen molar-refractivity contribution in [2.75, 3.05) is 31.5 Å². The van der Waals surface area contributed by atoms with Crippen molar-refractivity contribution >= 4 is 27.7 Å². The Hall–Kier alpha value is -3.42. The standard InChI is InChI=1S/C27H30N2O4S/c1-33-21-20-29(19-8-13-23-9-4-2-5-10-23)27(30)25-14-16-26(17-15-25)28-34(31,32)22-18-24-11-6-3-7-12-24/h2-7,9-12,14-18,22,28H,8,13,19-21H2,1H3/b22-18+. The van der Waals surface area contributed by atoms with Crippen LogP contribution in [0.1, 0.15) is 27.9 Å². The number of carbonyl (C=O) groups is 1. The number of hydrogen-bond acceptors (Lipinski definition) is 4. The van der Waals surface area contributed by atoms with Gasteiger partial charge in [-0.25, -0.2) is 8.42 Å². The lowest BCUT2D eigenvalue weighted by molar-refractivity contribution is 0.0693. The molecule has 7 heteroatoms. The number of rotatable bonds is 12. The van der Waals surface area contributed by atoms with E-state index in [2.05, 4.69) is 16.9 Å². The molecule has 0 saturated heterocycles. The van der Waals surface area contributed by atoms with Crippen molar-refractivity contribution < 1.29 is 17.9 Å². The number of carbonyl (C=O) groups excluding carboxylic acids is 1.